The summed E-state index contributed by atoms with van der Waals surface area (Å²) in [4.78, 5) is 0. The second-order valence-electron chi connectivity index (χ2n) is 3.73. The molecule has 0 amide bonds. The third-order valence-corrected chi connectivity index (χ3v) is 2.26. The first-order chi connectivity index (χ1) is 6.22. The van der Waals surface area contributed by atoms with Gasteiger partial charge in [-0.15, -0.1) is 0 Å². The first-order valence-electron chi connectivity index (χ1n) is 5.83. The van der Waals surface area contributed by atoms with Crippen LogP contribution in [-0.4, -0.2) is 11.7 Å². The molecule has 0 aliphatic rings. The summed E-state index contributed by atoms with van der Waals surface area (Å²) < 4.78 is 0. The van der Waals surface area contributed by atoms with E-state index in [1.54, 1.807) is 0 Å². The monoisotopic (exact) mass is 188 g/mol. The second-order valence-corrected chi connectivity index (χ2v) is 3.73. The third-order valence-electron chi connectivity index (χ3n) is 2.26. The van der Waals surface area contributed by atoms with Gasteiger partial charge in [0, 0.05) is 6.61 Å². The standard InChI is InChI=1S/C8H18.C4H10O/c1-4-6-7-8(3)5-2;1-2-3-4-5/h8H,4-7H2,1-3H3;5H,2-4H2,1H3. The Morgan fingerprint density at radius 2 is 1.54 bits per heavy atom. The van der Waals surface area contributed by atoms with E-state index in [0.717, 1.165) is 18.8 Å². The molecule has 0 radical (unpaired) electrons. The summed E-state index contributed by atoms with van der Waals surface area (Å²) in [5.74, 6) is 0.954. The molecule has 1 nitrogen and oxygen atoms in total. The molecule has 1 unspecified atom stereocenters. The number of aliphatic hydroxyl groups excluding tert-OH is 1. The van der Waals surface area contributed by atoms with Crippen molar-refractivity contribution in [2.75, 3.05) is 6.61 Å². The van der Waals surface area contributed by atoms with Gasteiger partial charge in [0.2, 0.25) is 0 Å². The molecule has 0 saturated heterocycles. The first kappa shape index (κ1) is 15.4. The summed E-state index contributed by atoms with van der Waals surface area (Å²) in [5, 5.41) is 8.07. The summed E-state index contributed by atoms with van der Waals surface area (Å²) in [7, 11) is 0. The van der Waals surface area contributed by atoms with E-state index in [2.05, 4.69) is 27.7 Å². The predicted molar refractivity (Wildman–Crippen MR) is 61.0 cm³/mol. The molecule has 1 N–H and O–H groups in total. The Morgan fingerprint density at radius 3 is 1.77 bits per heavy atom. The molecule has 0 rings (SSSR count). The van der Waals surface area contributed by atoms with Crippen molar-refractivity contribution in [2.45, 2.75) is 66.2 Å². The van der Waals surface area contributed by atoms with Crippen molar-refractivity contribution in [3.63, 3.8) is 0 Å². The molecule has 0 saturated carbocycles. The van der Waals surface area contributed by atoms with Crippen LogP contribution in [0, 0.1) is 5.92 Å². The van der Waals surface area contributed by atoms with Gasteiger partial charge in [0.15, 0.2) is 0 Å². The average Bonchev–Trinajstić information content (AvgIpc) is 2.16. The van der Waals surface area contributed by atoms with E-state index in [1.165, 1.54) is 25.7 Å². The highest BCUT2D eigenvalue weighted by Gasteiger charge is 1.94. The maximum atomic E-state index is 8.07. The van der Waals surface area contributed by atoms with Crippen molar-refractivity contribution in [1.29, 1.82) is 0 Å². The summed E-state index contributed by atoms with van der Waals surface area (Å²) in [6.45, 7) is 9.24. The van der Waals surface area contributed by atoms with Crippen LogP contribution >= 0.6 is 0 Å². The lowest BCUT2D eigenvalue weighted by molar-refractivity contribution is 0.287. The van der Waals surface area contributed by atoms with Gasteiger partial charge >= 0.3 is 0 Å². The molecular formula is C12H28O. The molecular weight excluding hydrogens is 160 g/mol. The van der Waals surface area contributed by atoms with Gasteiger partial charge in [-0.1, -0.05) is 59.8 Å². The topological polar surface area (TPSA) is 20.2 Å². The molecule has 0 aromatic carbocycles. The maximum Gasteiger partial charge on any atom is 0.0430 e. The SMILES string of the molecule is CCCCC(C)CC.CCCCO. The Hall–Kier alpha value is -0.0400. The van der Waals surface area contributed by atoms with Gasteiger partial charge in [0.25, 0.3) is 0 Å². The fraction of sp³-hybridized carbons (Fsp3) is 1.00. The summed E-state index contributed by atoms with van der Waals surface area (Å²) in [6.07, 6.45) is 7.57. The number of aliphatic hydroxyl groups is 1. The van der Waals surface area contributed by atoms with Crippen LogP contribution in [-0.2, 0) is 0 Å². The number of unbranched alkanes of at least 4 members (excludes halogenated alkanes) is 2. The molecule has 1 atom stereocenters. The molecule has 0 aliphatic carbocycles. The minimum Gasteiger partial charge on any atom is -0.396 e. The predicted octanol–water partition coefficient (Wildman–Crippen LogP) is 4.00. The van der Waals surface area contributed by atoms with Crippen LogP contribution < -0.4 is 0 Å². The Bertz CT molecular complexity index is 69.5. The summed E-state index contributed by atoms with van der Waals surface area (Å²) in [6, 6.07) is 0. The largest absolute Gasteiger partial charge is 0.396 e. The smallest absolute Gasteiger partial charge is 0.0430 e. The van der Waals surface area contributed by atoms with Gasteiger partial charge in [-0.2, -0.15) is 0 Å². The molecule has 1 heteroatoms. The Kier molecular flexibility index (Phi) is 17.2. The van der Waals surface area contributed by atoms with Gasteiger partial charge in [0.05, 0.1) is 0 Å². The van der Waals surface area contributed by atoms with Crippen LogP contribution in [0.3, 0.4) is 0 Å². The zero-order valence-corrected chi connectivity index (χ0v) is 9.97. The van der Waals surface area contributed by atoms with Gasteiger partial charge in [-0.25, -0.2) is 0 Å². The zero-order chi connectivity index (χ0) is 10.5. The van der Waals surface area contributed by atoms with E-state index in [0.29, 0.717) is 6.61 Å². The van der Waals surface area contributed by atoms with E-state index >= 15 is 0 Å². The molecule has 0 aromatic rings. The fourth-order valence-corrected chi connectivity index (χ4v) is 0.915. The second kappa shape index (κ2) is 14.5. The van der Waals surface area contributed by atoms with Crippen molar-refractivity contribution in [3.8, 4) is 0 Å². The van der Waals surface area contributed by atoms with E-state index < -0.39 is 0 Å². The van der Waals surface area contributed by atoms with Gasteiger partial charge < -0.3 is 5.11 Å². The van der Waals surface area contributed by atoms with E-state index in [4.69, 9.17) is 5.11 Å². The fourth-order valence-electron chi connectivity index (χ4n) is 0.915. The Morgan fingerprint density at radius 1 is 1.00 bits per heavy atom. The molecule has 0 aromatic heterocycles. The minimum atomic E-state index is 0.344. The summed E-state index contributed by atoms with van der Waals surface area (Å²) >= 11 is 0. The van der Waals surface area contributed by atoms with E-state index in [9.17, 15) is 0 Å². The quantitative estimate of drug-likeness (QED) is 0.668. The lowest BCUT2D eigenvalue weighted by Gasteiger charge is -2.04. The maximum absolute atomic E-state index is 8.07. The summed E-state index contributed by atoms with van der Waals surface area (Å²) in [5.41, 5.74) is 0. The molecule has 0 aliphatic heterocycles. The van der Waals surface area contributed by atoms with Crippen molar-refractivity contribution in [1.82, 2.24) is 0 Å². The zero-order valence-electron chi connectivity index (χ0n) is 9.97. The lowest BCUT2D eigenvalue weighted by atomic mass is 10.0. The lowest BCUT2D eigenvalue weighted by Crippen LogP contribution is -1.89. The normalized spacial score (nSPS) is 11.8. The molecule has 13 heavy (non-hydrogen) atoms. The molecule has 0 bridgehead atoms. The van der Waals surface area contributed by atoms with Gasteiger partial charge in [-0.3, -0.25) is 0 Å². The van der Waals surface area contributed by atoms with Crippen molar-refractivity contribution < 1.29 is 5.11 Å². The van der Waals surface area contributed by atoms with Crippen molar-refractivity contribution in [3.05, 3.63) is 0 Å². The van der Waals surface area contributed by atoms with Crippen LogP contribution in [0.4, 0.5) is 0 Å². The van der Waals surface area contributed by atoms with E-state index in [-0.39, 0.29) is 0 Å². The highest BCUT2D eigenvalue weighted by Crippen LogP contribution is 2.09. The number of hydrogen-bond donors (Lipinski definition) is 1. The number of hydrogen-bond acceptors (Lipinski definition) is 1. The van der Waals surface area contributed by atoms with Crippen LogP contribution in [0.1, 0.15) is 66.2 Å². The third kappa shape index (κ3) is 18.7. The highest BCUT2D eigenvalue weighted by atomic mass is 16.2. The minimum absolute atomic E-state index is 0.344. The van der Waals surface area contributed by atoms with Crippen LogP contribution in [0.15, 0.2) is 0 Å². The van der Waals surface area contributed by atoms with Crippen LogP contribution in [0.5, 0.6) is 0 Å². The highest BCUT2D eigenvalue weighted by molar-refractivity contribution is 4.47. The van der Waals surface area contributed by atoms with Crippen LogP contribution in [0.25, 0.3) is 0 Å². The molecule has 0 heterocycles. The Labute approximate surface area is 84.6 Å². The van der Waals surface area contributed by atoms with Crippen LogP contribution in [0.2, 0.25) is 0 Å². The van der Waals surface area contributed by atoms with Crippen molar-refractivity contribution >= 4 is 0 Å². The number of rotatable bonds is 6. The van der Waals surface area contributed by atoms with Gasteiger partial charge in [-0.05, 0) is 12.3 Å². The average molecular weight is 188 g/mol. The molecule has 82 valence electrons. The Balaban J connectivity index is 0. The van der Waals surface area contributed by atoms with E-state index in [1.807, 2.05) is 0 Å². The first-order valence-corrected chi connectivity index (χ1v) is 5.83. The van der Waals surface area contributed by atoms with Crippen molar-refractivity contribution in [2.24, 2.45) is 5.92 Å². The van der Waals surface area contributed by atoms with Gasteiger partial charge in [0.1, 0.15) is 0 Å². The molecule has 0 spiro atoms. The molecule has 0 fully saturated rings.